The molecule has 0 aromatic carbocycles. The van der Waals surface area contributed by atoms with E-state index in [0.29, 0.717) is 15.3 Å². The maximum Gasteiger partial charge on any atom is 0.264 e. The van der Waals surface area contributed by atoms with Crippen LogP contribution in [0.2, 0.25) is 0 Å². The summed E-state index contributed by atoms with van der Waals surface area (Å²) in [4.78, 5) is 19.0. The molecule has 2 aromatic rings. The minimum Gasteiger partial charge on any atom is -0.472 e. The van der Waals surface area contributed by atoms with Gasteiger partial charge >= 0.3 is 0 Å². The van der Waals surface area contributed by atoms with Crippen molar-refractivity contribution in [2.75, 3.05) is 0 Å². The van der Waals surface area contributed by atoms with Gasteiger partial charge in [-0.05, 0) is 41.5 Å². The summed E-state index contributed by atoms with van der Waals surface area (Å²) in [5.41, 5.74) is 1.68. The molecule has 1 fully saturated rings. The van der Waals surface area contributed by atoms with Gasteiger partial charge in [0.1, 0.15) is 12.1 Å². The van der Waals surface area contributed by atoms with E-state index in [1.54, 1.807) is 18.6 Å². The van der Waals surface area contributed by atoms with Gasteiger partial charge in [0.15, 0.2) is 0 Å². The van der Waals surface area contributed by atoms with Crippen molar-refractivity contribution in [1.82, 2.24) is 9.97 Å². The van der Waals surface area contributed by atoms with Crippen molar-refractivity contribution >= 4 is 22.6 Å². The second-order valence-corrected chi connectivity index (χ2v) is 4.98. The smallest absolute Gasteiger partial charge is 0.264 e. The Kier molecular flexibility index (Phi) is 2.34. The van der Waals surface area contributed by atoms with E-state index < -0.39 is 0 Å². The molecular formula is C11H9IN2O2. The van der Waals surface area contributed by atoms with Crippen LogP contribution in [-0.2, 0) is 0 Å². The second-order valence-electron chi connectivity index (χ2n) is 3.90. The van der Waals surface area contributed by atoms with Gasteiger partial charge in [0.05, 0.1) is 21.1 Å². The van der Waals surface area contributed by atoms with Crippen LogP contribution in [0.15, 0.2) is 27.8 Å². The van der Waals surface area contributed by atoms with Crippen molar-refractivity contribution in [2.45, 2.75) is 18.8 Å². The summed E-state index contributed by atoms with van der Waals surface area (Å²) in [7, 11) is 0. The molecule has 0 aliphatic heterocycles. The van der Waals surface area contributed by atoms with Crippen LogP contribution in [0, 0.1) is 3.57 Å². The molecule has 0 saturated heterocycles. The SMILES string of the molecule is O=c1[nH]c(-c2ccoc2)nc(C2CC2)c1I. The molecule has 1 aliphatic rings. The molecule has 1 N–H and O–H groups in total. The molecule has 0 spiro atoms. The lowest BCUT2D eigenvalue weighted by molar-refractivity contribution is 0.568. The molecule has 0 radical (unpaired) electrons. The third-order valence-corrected chi connectivity index (χ3v) is 3.69. The molecule has 0 bridgehead atoms. The Balaban J connectivity index is 2.17. The molecule has 82 valence electrons. The fourth-order valence-electron chi connectivity index (χ4n) is 1.64. The number of hydrogen-bond acceptors (Lipinski definition) is 3. The number of furan rings is 1. The van der Waals surface area contributed by atoms with Crippen molar-refractivity contribution in [3.63, 3.8) is 0 Å². The van der Waals surface area contributed by atoms with Crippen LogP contribution >= 0.6 is 22.6 Å². The molecule has 1 aliphatic carbocycles. The second kappa shape index (κ2) is 3.73. The highest BCUT2D eigenvalue weighted by Gasteiger charge is 2.29. The summed E-state index contributed by atoms with van der Waals surface area (Å²) in [5.74, 6) is 1.07. The van der Waals surface area contributed by atoms with Crippen LogP contribution in [0.4, 0.5) is 0 Å². The molecule has 1 saturated carbocycles. The summed E-state index contributed by atoms with van der Waals surface area (Å²) in [6, 6.07) is 1.79. The number of hydrogen-bond donors (Lipinski definition) is 1. The third kappa shape index (κ3) is 1.68. The Labute approximate surface area is 105 Å². The standard InChI is InChI=1S/C11H9IN2O2/c12-8-9(6-1-2-6)13-10(14-11(8)15)7-3-4-16-5-7/h3-6H,1-2H2,(H,13,14,15). The lowest BCUT2D eigenvalue weighted by Gasteiger charge is -2.03. The van der Waals surface area contributed by atoms with Crippen molar-refractivity contribution in [3.8, 4) is 11.4 Å². The van der Waals surface area contributed by atoms with Crippen molar-refractivity contribution in [1.29, 1.82) is 0 Å². The average molecular weight is 328 g/mol. The average Bonchev–Trinajstić information content (AvgIpc) is 2.96. The van der Waals surface area contributed by atoms with Crippen molar-refractivity contribution in [3.05, 3.63) is 38.2 Å². The zero-order valence-corrected chi connectivity index (χ0v) is 10.5. The fraction of sp³-hybridized carbons (Fsp3) is 0.273. The van der Waals surface area contributed by atoms with Gasteiger partial charge in [0.25, 0.3) is 5.56 Å². The number of aromatic amines is 1. The van der Waals surface area contributed by atoms with Crippen LogP contribution in [-0.4, -0.2) is 9.97 Å². The van der Waals surface area contributed by atoms with Gasteiger partial charge < -0.3 is 9.40 Å². The quantitative estimate of drug-likeness (QED) is 0.862. The van der Waals surface area contributed by atoms with Crippen LogP contribution in [0.1, 0.15) is 24.5 Å². The Hall–Kier alpha value is -1.11. The predicted octanol–water partition coefficient (Wildman–Crippen LogP) is 2.51. The Bertz CT molecular complexity index is 570. The normalized spacial score (nSPS) is 15.3. The number of H-pyrrole nitrogens is 1. The zero-order valence-electron chi connectivity index (χ0n) is 8.37. The minimum atomic E-state index is -0.0614. The minimum absolute atomic E-state index is 0.0614. The molecule has 2 heterocycles. The highest BCUT2D eigenvalue weighted by molar-refractivity contribution is 14.1. The summed E-state index contributed by atoms with van der Waals surface area (Å²) < 4.78 is 5.71. The molecular weight excluding hydrogens is 319 g/mol. The lowest BCUT2D eigenvalue weighted by atomic mass is 10.2. The summed E-state index contributed by atoms with van der Waals surface area (Å²) in [6.45, 7) is 0. The van der Waals surface area contributed by atoms with Crippen LogP contribution in [0.5, 0.6) is 0 Å². The zero-order chi connectivity index (χ0) is 11.1. The highest BCUT2D eigenvalue weighted by atomic mass is 127. The third-order valence-electron chi connectivity index (χ3n) is 2.65. The van der Waals surface area contributed by atoms with Gasteiger partial charge in [-0.25, -0.2) is 4.98 Å². The van der Waals surface area contributed by atoms with E-state index in [0.717, 1.165) is 24.1 Å². The Morgan fingerprint density at radius 1 is 1.50 bits per heavy atom. The molecule has 3 rings (SSSR count). The first kappa shape index (κ1) is 10.1. The van der Waals surface area contributed by atoms with E-state index in [-0.39, 0.29) is 5.56 Å². The van der Waals surface area contributed by atoms with E-state index in [1.807, 2.05) is 0 Å². The molecule has 0 amide bonds. The molecule has 2 aromatic heterocycles. The first-order valence-electron chi connectivity index (χ1n) is 5.08. The first-order chi connectivity index (χ1) is 7.75. The molecule has 16 heavy (non-hydrogen) atoms. The molecule has 0 atom stereocenters. The van der Waals surface area contributed by atoms with Gasteiger partial charge in [-0.15, -0.1) is 0 Å². The molecule has 4 nitrogen and oxygen atoms in total. The first-order valence-corrected chi connectivity index (χ1v) is 6.16. The maximum absolute atomic E-state index is 11.8. The predicted molar refractivity (Wildman–Crippen MR) is 67.3 cm³/mol. The van der Waals surface area contributed by atoms with Gasteiger partial charge in [0.2, 0.25) is 0 Å². The van der Waals surface area contributed by atoms with E-state index in [2.05, 4.69) is 32.6 Å². The van der Waals surface area contributed by atoms with Gasteiger partial charge in [-0.2, -0.15) is 0 Å². The summed E-state index contributed by atoms with van der Waals surface area (Å²) in [6.07, 6.45) is 5.43. The van der Waals surface area contributed by atoms with Gasteiger partial charge in [-0.3, -0.25) is 4.79 Å². The summed E-state index contributed by atoms with van der Waals surface area (Å²) >= 11 is 2.07. The topological polar surface area (TPSA) is 58.9 Å². The number of nitrogens with one attached hydrogen (secondary N) is 1. The lowest BCUT2D eigenvalue weighted by Crippen LogP contribution is -2.15. The van der Waals surface area contributed by atoms with Crippen LogP contribution in [0.3, 0.4) is 0 Å². The van der Waals surface area contributed by atoms with Crippen molar-refractivity contribution < 1.29 is 4.42 Å². The fourth-order valence-corrected chi connectivity index (χ4v) is 2.34. The summed E-state index contributed by atoms with van der Waals surface area (Å²) in [5, 5.41) is 0. The molecule has 0 unspecified atom stereocenters. The van der Waals surface area contributed by atoms with Gasteiger partial charge in [0, 0.05) is 5.92 Å². The highest BCUT2D eigenvalue weighted by Crippen LogP contribution is 2.40. The van der Waals surface area contributed by atoms with Crippen molar-refractivity contribution in [2.24, 2.45) is 0 Å². The number of nitrogens with zero attached hydrogens (tertiary/aromatic N) is 1. The van der Waals surface area contributed by atoms with Crippen LogP contribution < -0.4 is 5.56 Å². The van der Waals surface area contributed by atoms with Gasteiger partial charge in [-0.1, -0.05) is 0 Å². The van der Waals surface area contributed by atoms with E-state index >= 15 is 0 Å². The largest absolute Gasteiger partial charge is 0.472 e. The number of rotatable bonds is 2. The number of halogens is 1. The van der Waals surface area contributed by atoms with E-state index in [9.17, 15) is 4.79 Å². The maximum atomic E-state index is 11.8. The molecule has 5 heteroatoms. The Morgan fingerprint density at radius 2 is 2.31 bits per heavy atom. The number of aromatic nitrogens is 2. The van der Waals surface area contributed by atoms with E-state index in [4.69, 9.17) is 4.42 Å². The van der Waals surface area contributed by atoms with E-state index in [1.165, 1.54) is 0 Å². The monoisotopic (exact) mass is 328 g/mol. The van der Waals surface area contributed by atoms with Crippen LogP contribution in [0.25, 0.3) is 11.4 Å². The Morgan fingerprint density at radius 3 is 2.94 bits per heavy atom.